The molecule has 0 aromatic carbocycles. The second kappa shape index (κ2) is 4.17. The van der Waals surface area contributed by atoms with E-state index in [1.807, 2.05) is 0 Å². The number of carbonyl (C=O) groups is 2. The van der Waals surface area contributed by atoms with Crippen molar-refractivity contribution >= 4 is 23.2 Å². The third-order valence-corrected chi connectivity index (χ3v) is 2.93. The first kappa shape index (κ1) is 11.0. The standard InChI is InChI=1S/C9H9FN2O3S/c10-5-1-4(5)8(13)12-7(9(14)15)6-2-16-3-11-6/h2-5,7H,1H2,(H,12,13)(H,14,15). The van der Waals surface area contributed by atoms with Gasteiger partial charge < -0.3 is 10.4 Å². The summed E-state index contributed by atoms with van der Waals surface area (Å²) in [5.74, 6) is -2.45. The first-order valence-electron chi connectivity index (χ1n) is 4.65. The van der Waals surface area contributed by atoms with Crippen molar-refractivity contribution in [2.75, 3.05) is 0 Å². The van der Waals surface area contributed by atoms with Crippen molar-refractivity contribution in [3.8, 4) is 0 Å². The highest BCUT2D eigenvalue weighted by Gasteiger charge is 2.44. The minimum absolute atomic E-state index is 0.176. The van der Waals surface area contributed by atoms with Crippen molar-refractivity contribution in [1.82, 2.24) is 10.3 Å². The number of amides is 1. The normalized spacial score (nSPS) is 24.8. The average Bonchev–Trinajstić information content (AvgIpc) is 2.77. The van der Waals surface area contributed by atoms with Crippen LogP contribution in [0.25, 0.3) is 0 Å². The van der Waals surface area contributed by atoms with Crippen LogP contribution in [0.15, 0.2) is 10.9 Å². The monoisotopic (exact) mass is 244 g/mol. The quantitative estimate of drug-likeness (QED) is 0.818. The summed E-state index contributed by atoms with van der Waals surface area (Å²) in [6.07, 6.45) is -0.959. The highest BCUT2D eigenvalue weighted by Crippen LogP contribution is 2.34. The number of aliphatic carboxylic acids is 1. The molecule has 1 saturated carbocycles. The Balaban J connectivity index is 2.04. The molecule has 86 valence electrons. The van der Waals surface area contributed by atoms with Gasteiger partial charge in [0.25, 0.3) is 0 Å². The Labute approximate surface area is 94.3 Å². The molecule has 1 aromatic rings. The Morgan fingerprint density at radius 1 is 1.69 bits per heavy atom. The maximum Gasteiger partial charge on any atom is 0.332 e. The lowest BCUT2D eigenvalue weighted by Gasteiger charge is -2.11. The minimum Gasteiger partial charge on any atom is -0.479 e. The summed E-state index contributed by atoms with van der Waals surface area (Å²) in [5, 5.41) is 12.7. The summed E-state index contributed by atoms with van der Waals surface area (Å²) in [6.45, 7) is 0. The lowest BCUT2D eigenvalue weighted by atomic mass is 10.2. The Morgan fingerprint density at radius 2 is 2.38 bits per heavy atom. The predicted molar refractivity (Wildman–Crippen MR) is 53.6 cm³/mol. The first-order chi connectivity index (χ1) is 7.59. The number of halogens is 1. The van der Waals surface area contributed by atoms with E-state index in [1.54, 1.807) is 5.38 Å². The van der Waals surface area contributed by atoms with Gasteiger partial charge in [-0.1, -0.05) is 0 Å². The fourth-order valence-corrected chi connectivity index (χ4v) is 1.89. The molecule has 1 amide bonds. The molecular weight excluding hydrogens is 235 g/mol. The summed E-state index contributed by atoms with van der Waals surface area (Å²) >= 11 is 1.24. The van der Waals surface area contributed by atoms with E-state index in [0.717, 1.165) is 0 Å². The van der Waals surface area contributed by atoms with E-state index < -0.39 is 30.0 Å². The molecule has 1 aliphatic carbocycles. The topological polar surface area (TPSA) is 79.3 Å². The van der Waals surface area contributed by atoms with Crippen LogP contribution in [0, 0.1) is 5.92 Å². The maximum absolute atomic E-state index is 12.6. The highest BCUT2D eigenvalue weighted by atomic mass is 32.1. The number of carboxylic acid groups (broad SMARTS) is 1. The predicted octanol–water partition coefficient (Wildman–Crippen LogP) is 0.743. The van der Waals surface area contributed by atoms with Crippen LogP contribution in [0.2, 0.25) is 0 Å². The zero-order valence-electron chi connectivity index (χ0n) is 8.09. The van der Waals surface area contributed by atoms with E-state index >= 15 is 0 Å². The largest absolute Gasteiger partial charge is 0.479 e. The van der Waals surface area contributed by atoms with E-state index in [-0.39, 0.29) is 12.1 Å². The zero-order chi connectivity index (χ0) is 11.7. The molecule has 0 radical (unpaired) electrons. The summed E-state index contributed by atoms with van der Waals surface area (Å²) in [4.78, 5) is 26.1. The Kier molecular flexibility index (Phi) is 2.86. The molecular formula is C9H9FN2O3S. The van der Waals surface area contributed by atoms with Gasteiger partial charge in [0, 0.05) is 5.38 Å². The van der Waals surface area contributed by atoms with Crippen LogP contribution in [-0.2, 0) is 9.59 Å². The van der Waals surface area contributed by atoms with E-state index in [9.17, 15) is 14.0 Å². The van der Waals surface area contributed by atoms with Crippen molar-refractivity contribution in [1.29, 1.82) is 0 Å². The van der Waals surface area contributed by atoms with Gasteiger partial charge in [-0.2, -0.15) is 0 Å². The molecule has 5 nitrogen and oxygen atoms in total. The van der Waals surface area contributed by atoms with Crippen molar-refractivity contribution in [3.63, 3.8) is 0 Å². The number of nitrogens with one attached hydrogen (secondary N) is 1. The Morgan fingerprint density at radius 3 is 2.81 bits per heavy atom. The third kappa shape index (κ3) is 2.19. The molecule has 16 heavy (non-hydrogen) atoms. The zero-order valence-corrected chi connectivity index (χ0v) is 8.91. The molecule has 0 aliphatic heterocycles. The molecule has 7 heteroatoms. The van der Waals surface area contributed by atoms with Crippen LogP contribution in [0.4, 0.5) is 4.39 Å². The summed E-state index contributed by atoms with van der Waals surface area (Å²) in [5.41, 5.74) is 1.74. The number of alkyl halides is 1. The van der Waals surface area contributed by atoms with E-state index in [1.165, 1.54) is 16.8 Å². The highest BCUT2D eigenvalue weighted by molar-refractivity contribution is 7.07. The van der Waals surface area contributed by atoms with Gasteiger partial charge in [0.1, 0.15) is 6.17 Å². The van der Waals surface area contributed by atoms with Crippen molar-refractivity contribution < 1.29 is 19.1 Å². The lowest BCUT2D eigenvalue weighted by molar-refractivity contribution is -0.142. The average molecular weight is 244 g/mol. The molecule has 2 N–H and O–H groups in total. The smallest absolute Gasteiger partial charge is 0.332 e. The molecule has 1 aromatic heterocycles. The summed E-state index contributed by atoms with van der Waals surface area (Å²) in [6, 6.07) is -1.19. The van der Waals surface area contributed by atoms with E-state index in [2.05, 4.69) is 10.3 Å². The fraction of sp³-hybridized carbons (Fsp3) is 0.444. The van der Waals surface area contributed by atoms with Gasteiger partial charge in [0.05, 0.1) is 17.1 Å². The van der Waals surface area contributed by atoms with Crippen LogP contribution in [0.3, 0.4) is 0 Å². The lowest BCUT2D eigenvalue weighted by Crippen LogP contribution is -2.35. The van der Waals surface area contributed by atoms with Crippen LogP contribution in [0.5, 0.6) is 0 Å². The van der Waals surface area contributed by atoms with Crippen LogP contribution >= 0.6 is 11.3 Å². The minimum atomic E-state index is -1.20. The van der Waals surface area contributed by atoms with Crippen LogP contribution < -0.4 is 5.32 Å². The molecule has 0 bridgehead atoms. The van der Waals surface area contributed by atoms with Crippen molar-refractivity contribution in [3.05, 3.63) is 16.6 Å². The van der Waals surface area contributed by atoms with Gasteiger partial charge in [0.15, 0.2) is 6.04 Å². The molecule has 1 fully saturated rings. The molecule has 3 atom stereocenters. The van der Waals surface area contributed by atoms with Gasteiger partial charge in [-0.3, -0.25) is 4.79 Å². The van der Waals surface area contributed by atoms with Crippen molar-refractivity contribution in [2.24, 2.45) is 5.92 Å². The molecule has 0 saturated heterocycles. The van der Waals surface area contributed by atoms with Crippen molar-refractivity contribution in [2.45, 2.75) is 18.6 Å². The molecule has 2 rings (SSSR count). The summed E-state index contributed by atoms with van der Waals surface area (Å²) in [7, 11) is 0. The number of hydrogen-bond acceptors (Lipinski definition) is 4. The second-order valence-corrected chi connectivity index (χ2v) is 4.27. The number of nitrogens with zero attached hydrogens (tertiary/aromatic N) is 1. The second-order valence-electron chi connectivity index (χ2n) is 3.55. The molecule has 3 unspecified atom stereocenters. The number of carbonyl (C=O) groups excluding carboxylic acids is 1. The van der Waals surface area contributed by atoms with Gasteiger partial charge in [0.2, 0.25) is 5.91 Å². The first-order valence-corrected chi connectivity index (χ1v) is 5.59. The van der Waals surface area contributed by atoms with Gasteiger partial charge in [-0.25, -0.2) is 14.2 Å². The van der Waals surface area contributed by atoms with Crippen LogP contribution in [-0.4, -0.2) is 28.1 Å². The molecule has 0 spiro atoms. The Bertz CT molecular complexity index is 409. The molecule has 1 heterocycles. The SMILES string of the molecule is O=C(O)C(NC(=O)C1CC1F)c1cscn1. The fourth-order valence-electron chi connectivity index (χ4n) is 1.31. The van der Waals surface area contributed by atoms with E-state index in [0.29, 0.717) is 0 Å². The van der Waals surface area contributed by atoms with Crippen LogP contribution in [0.1, 0.15) is 18.2 Å². The number of hydrogen-bond donors (Lipinski definition) is 2. The van der Waals surface area contributed by atoms with Gasteiger partial charge >= 0.3 is 5.97 Å². The number of carboxylic acids is 1. The van der Waals surface area contributed by atoms with E-state index in [4.69, 9.17) is 5.11 Å². The maximum atomic E-state index is 12.6. The Hall–Kier alpha value is -1.50. The van der Waals surface area contributed by atoms with Gasteiger partial charge in [-0.05, 0) is 6.42 Å². The molecule has 1 aliphatic rings. The number of thiazole rings is 1. The van der Waals surface area contributed by atoms with Gasteiger partial charge in [-0.15, -0.1) is 11.3 Å². The number of aromatic nitrogens is 1. The third-order valence-electron chi connectivity index (χ3n) is 2.33. The summed E-state index contributed by atoms with van der Waals surface area (Å²) < 4.78 is 12.6. The number of rotatable bonds is 4.